The van der Waals surface area contributed by atoms with Crippen molar-refractivity contribution in [1.82, 2.24) is 0 Å². The normalized spacial score (nSPS) is 49.6. The van der Waals surface area contributed by atoms with Crippen LogP contribution in [0.3, 0.4) is 0 Å². The Morgan fingerprint density at radius 2 is 1.53 bits per heavy atom. The molecule has 0 aromatic carbocycles. The molecule has 1 atom stereocenters. The van der Waals surface area contributed by atoms with Crippen molar-refractivity contribution in [3.63, 3.8) is 0 Å². The first-order chi connectivity index (χ1) is 7.19. The molecule has 0 radical (unpaired) electrons. The van der Waals surface area contributed by atoms with E-state index in [1.807, 2.05) is 0 Å². The summed E-state index contributed by atoms with van der Waals surface area (Å²) >= 11 is 4.62. The minimum absolute atomic E-state index is 0.446. The van der Waals surface area contributed by atoms with Crippen molar-refractivity contribution in [3.05, 3.63) is 0 Å². The number of thiol groups is 1. The average Bonchev–Trinajstić information content (AvgIpc) is 2.14. The topological polar surface area (TPSA) is 26.0 Å². The molecule has 2 N–H and O–H groups in total. The van der Waals surface area contributed by atoms with E-state index < -0.39 is 0 Å². The van der Waals surface area contributed by atoms with Gasteiger partial charge >= 0.3 is 0 Å². The molecule has 4 aliphatic carbocycles. The average molecular weight is 225 g/mol. The predicted molar refractivity (Wildman–Crippen MR) is 67.1 cm³/mol. The van der Waals surface area contributed by atoms with E-state index in [0.717, 1.165) is 24.3 Å². The van der Waals surface area contributed by atoms with Gasteiger partial charge in [-0.05, 0) is 68.1 Å². The summed E-state index contributed by atoms with van der Waals surface area (Å²) < 4.78 is 0. The van der Waals surface area contributed by atoms with Crippen LogP contribution in [0.25, 0.3) is 0 Å². The van der Waals surface area contributed by atoms with Crippen LogP contribution in [-0.2, 0) is 0 Å². The van der Waals surface area contributed by atoms with E-state index in [2.05, 4.69) is 12.6 Å². The molecule has 4 aliphatic rings. The van der Waals surface area contributed by atoms with Gasteiger partial charge in [-0.1, -0.05) is 0 Å². The molecule has 0 amide bonds. The fraction of sp³-hybridized carbons (Fsp3) is 1.00. The summed E-state index contributed by atoms with van der Waals surface area (Å²) in [5.41, 5.74) is 6.39. The molecular weight excluding hydrogens is 202 g/mol. The van der Waals surface area contributed by atoms with Crippen LogP contribution < -0.4 is 5.73 Å². The maximum atomic E-state index is 5.72. The zero-order valence-corrected chi connectivity index (χ0v) is 10.4. The molecule has 0 aromatic rings. The fourth-order valence-corrected chi connectivity index (χ4v) is 5.51. The third-order valence-electron chi connectivity index (χ3n) is 5.11. The first-order valence-corrected chi connectivity index (χ1v) is 7.09. The van der Waals surface area contributed by atoms with Crippen LogP contribution in [0.2, 0.25) is 0 Å². The third kappa shape index (κ3) is 1.84. The van der Waals surface area contributed by atoms with Crippen molar-refractivity contribution in [2.24, 2.45) is 28.9 Å². The minimum Gasteiger partial charge on any atom is -0.329 e. The van der Waals surface area contributed by atoms with Gasteiger partial charge in [0.25, 0.3) is 0 Å². The lowest BCUT2D eigenvalue weighted by Crippen LogP contribution is -2.47. The first kappa shape index (κ1) is 10.5. The quantitative estimate of drug-likeness (QED) is 0.710. The van der Waals surface area contributed by atoms with Crippen LogP contribution in [-0.4, -0.2) is 11.8 Å². The molecule has 0 spiro atoms. The van der Waals surface area contributed by atoms with Gasteiger partial charge in [-0.2, -0.15) is 12.6 Å². The first-order valence-electron chi connectivity index (χ1n) is 6.57. The molecule has 2 heteroatoms. The highest BCUT2D eigenvalue weighted by molar-refractivity contribution is 7.81. The van der Waals surface area contributed by atoms with Crippen LogP contribution in [0, 0.1) is 23.2 Å². The molecule has 0 aromatic heterocycles. The van der Waals surface area contributed by atoms with Gasteiger partial charge < -0.3 is 5.73 Å². The maximum Gasteiger partial charge on any atom is 0.0145 e. The van der Waals surface area contributed by atoms with Gasteiger partial charge in [-0.3, -0.25) is 0 Å². The Morgan fingerprint density at radius 1 is 1.07 bits per heavy atom. The molecule has 1 nitrogen and oxygen atoms in total. The lowest BCUT2D eigenvalue weighted by molar-refractivity contribution is -0.0568. The van der Waals surface area contributed by atoms with E-state index in [0.29, 0.717) is 10.7 Å². The molecule has 0 heterocycles. The number of nitrogens with two attached hydrogens (primary N) is 1. The van der Waals surface area contributed by atoms with Crippen molar-refractivity contribution in [2.75, 3.05) is 6.54 Å². The number of hydrogen-bond acceptors (Lipinski definition) is 2. The highest BCUT2D eigenvalue weighted by atomic mass is 32.1. The van der Waals surface area contributed by atoms with Gasteiger partial charge in [0.1, 0.15) is 0 Å². The van der Waals surface area contributed by atoms with Crippen LogP contribution in [0.4, 0.5) is 0 Å². The van der Waals surface area contributed by atoms with Crippen molar-refractivity contribution >= 4 is 12.6 Å². The lowest BCUT2D eigenvalue weighted by atomic mass is 9.48. The molecule has 1 unspecified atom stereocenters. The van der Waals surface area contributed by atoms with Crippen LogP contribution in [0.15, 0.2) is 0 Å². The second-order valence-corrected chi connectivity index (χ2v) is 7.24. The second kappa shape index (κ2) is 3.66. The highest BCUT2D eigenvalue weighted by Crippen LogP contribution is 2.61. The Labute approximate surface area is 98.6 Å². The standard InChI is InChI=1S/C13H23NS/c14-8-12(15)7-13-4-9-1-10(5-13)3-11(2-9)6-13/h9-12,15H,1-8,14H2. The maximum absolute atomic E-state index is 5.72. The number of hydrogen-bond donors (Lipinski definition) is 2. The number of rotatable bonds is 3. The van der Waals surface area contributed by atoms with Gasteiger partial charge in [0, 0.05) is 11.8 Å². The molecule has 0 saturated heterocycles. The van der Waals surface area contributed by atoms with Crippen molar-refractivity contribution < 1.29 is 0 Å². The van der Waals surface area contributed by atoms with Crippen molar-refractivity contribution in [3.8, 4) is 0 Å². The van der Waals surface area contributed by atoms with Crippen LogP contribution >= 0.6 is 12.6 Å². The SMILES string of the molecule is NCC(S)CC12CC3CC(CC(C3)C1)C2. The molecule has 4 fully saturated rings. The zero-order chi connectivity index (χ0) is 10.5. The largest absolute Gasteiger partial charge is 0.329 e. The molecule has 4 bridgehead atoms. The Kier molecular flexibility index (Phi) is 2.55. The Hall–Kier alpha value is 0.310. The zero-order valence-electron chi connectivity index (χ0n) is 9.49. The molecule has 15 heavy (non-hydrogen) atoms. The van der Waals surface area contributed by atoms with E-state index in [1.165, 1.54) is 44.9 Å². The van der Waals surface area contributed by atoms with E-state index in [1.54, 1.807) is 0 Å². The Bertz CT molecular complexity index is 216. The van der Waals surface area contributed by atoms with Gasteiger partial charge in [0.15, 0.2) is 0 Å². The van der Waals surface area contributed by atoms with Gasteiger partial charge in [-0.15, -0.1) is 0 Å². The van der Waals surface area contributed by atoms with E-state index in [4.69, 9.17) is 5.73 Å². The summed E-state index contributed by atoms with van der Waals surface area (Å²) in [6.07, 6.45) is 10.4. The van der Waals surface area contributed by atoms with Crippen LogP contribution in [0.1, 0.15) is 44.9 Å². The second-order valence-electron chi connectivity index (χ2n) is 6.51. The summed E-state index contributed by atoms with van der Waals surface area (Å²) in [7, 11) is 0. The molecule has 0 aliphatic heterocycles. The summed E-state index contributed by atoms with van der Waals surface area (Å²) in [5, 5.41) is 0.446. The summed E-state index contributed by atoms with van der Waals surface area (Å²) in [6, 6.07) is 0. The minimum atomic E-state index is 0.446. The van der Waals surface area contributed by atoms with Crippen LogP contribution in [0.5, 0.6) is 0 Å². The van der Waals surface area contributed by atoms with Gasteiger partial charge in [0.05, 0.1) is 0 Å². The van der Waals surface area contributed by atoms with E-state index in [-0.39, 0.29) is 0 Å². The van der Waals surface area contributed by atoms with E-state index >= 15 is 0 Å². The van der Waals surface area contributed by atoms with Gasteiger partial charge in [0.2, 0.25) is 0 Å². The highest BCUT2D eigenvalue weighted by Gasteiger charge is 2.50. The van der Waals surface area contributed by atoms with Crippen molar-refractivity contribution in [2.45, 2.75) is 50.2 Å². The van der Waals surface area contributed by atoms with Gasteiger partial charge in [-0.25, -0.2) is 0 Å². The summed E-state index contributed by atoms with van der Waals surface area (Å²) in [6.45, 7) is 0.755. The molecule has 4 rings (SSSR count). The smallest absolute Gasteiger partial charge is 0.0145 e. The predicted octanol–water partition coefficient (Wildman–Crippen LogP) is 2.85. The molecule has 86 valence electrons. The fourth-order valence-electron chi connectivity index (χ4n) is 5.12. The Balaban J connectivity index is 1.75. The molecular formula is C13H23NS. The third-order valence-corrected chi connectivity index (χ3v) is 5.50. The lowest BCUT2D eigenvalue weighted by Gasteiger charge is -2.57. The van der Waals surface area contributed by atoms with E-state index in [9.17, 15) is 0 Å². The Morgan fingerprint density at radius 3 is 1.93 bits per heavy atom. The molecule has 4 saturated carbocycles. The monoisotopic (exact) mass is 225 g/mol. The summed E-state index contributed by atoms with van der Waals surface area (Å²) in [4.78, 5) is 0. The summed E-state index contributed by atoms with van der Waals surface area (Å²) in [5.74, 6) is 3.19. The van der Waals surface area contributed by atoms with Crippen molar-refractivity contribution in [1.29, 1.82) is 0 Å².